The maximum absolute atomic E-state index is 12.5. The van der Waals surface area contributed by atoms with Crippen LogP contribution < -0.4 is 9.64 Å². The van der Waals surface area contributed by atoms with Crippen molar-refractivity contribution < 1.29 is 19.0 Å². The number of carbonyl (C=O) groups excluding carboxylic acids is 1. The van der Waals surface area contributed by atoms with Gasteiger partial charge in [0, 0.05) is 67.8 Å². The van der Waals surface area contributed by atoms with Gasteiger partial charge in [-0.15, -0.1) is 10.2 Å². The number of H-pyrrole nitrogens is 1. The molecule has 0 saturated carbocycles. The summed E-state index contributed by atoms with van der Waals surface area (Å²) in [6.45, 7) is 10.2. The zero-order chi connectivity index (χ0) is 30.1. The second kappa shape index (κ2) is 11.8. The number of nitrogens with zero attached hydrogens (tertiary/aromatic N) is 6. The van der Waals surface area contributed by atoms with Crippen LogP contribution in [0, 0.1) is 0 Å². The average Bonchev–Trinajstić information content (AvgIpc) is 3.38. The number of amides is 1. The number of hydrogen-bond acceptors (Lipinski definition) is 9. The van der Waals surface area contributed by atoms with Crippen molar-refractivity contribution in [1.82, 2.24) is 30.0 Å². The van der Waals surface area contributed by atoms with E-state index in [1.807, 2.05) is 57.4 Å². The van der Waals surface area contributed by atoms with E-state index in [2.05, 4.69) is 33.1 Å². The third kappa shape index (κ3) is 5.99. The van der Waals surface area contributed by atoms with Crippen LogP contribution in [0.2, 0.25) is 0 Å². The Labute approximate surface area is 251 Å². The van der Waals surface area contributed by atoms with Crippen molar-refractivity contribution in [3.8, 4) is 17.0 Å². The van der Waals surface area contributed by atoms with Gasteiger partial charge in [0.05, 0.1) is 11.7 Å². The van der Waals surface area contributed by atoms with Gasteiger partial charge in [-0.2, -0.15) is 0 Å². The Bertz CT molecular complexity index is 1590. The van der Waals surface area contributed by atoms with Crippen LogP contribution in [0.15, 0.2) is 42.7 Å². The fourth-order valence-electron chi connectivity index (χ4n) is 6.06. The standard InChI is InChI=1S/C32H39N7O4/c1-20-28-24-16-26(23-8-6-7-9-27(23)42-19-41-5)36-37-29(24)35-25(28)12-15-39(20)30-33-17-22(18-34-30)21-10-13-38(14-11-21)31(40)43-32(2,3)4/h6-9,16-18,20-21H,10-15,19H2,1-5H3,(H,35,37)/t20-/m0/s1. The molecule has 0 aliphatic carbocycles. The third-order valence-corrected chi connectivity index (χ3v) is 8.19. The number of benzene rings is 1. The molecule has 11 heteroatoms. The number of methoxy groups -OCH3 is 1. The number of rotatable bonds is 6. The van der Waals surface area contributed by atoms with Gasteiger partial charge in [-0.25, -0.2) is 14.8 Å². The zero-order valence-electron chi connectivity index (χ0n) is 25.5. The lowest BCUT2D eigenvalue weighted by Gasteiger charge is -2.35. The van der Waals surface area contributed by atoms with Crippen LogP contribution in [0.3, 0.4) is 0 Å². The predicted octanol–water partition coefficient (Wildman–Crippen LogP) is 5.64. The molecule has 0 spiro atoms. The van der Waals surface area contributed by atoms with Crippen LogP contribution in [-0.4, -0.2) is 75.3 Å². The molecule has 11 nitrogen and oxygen atoms in total. The smallest absolute Gasteiger partial charge is 0.410 e. The summed E-state index contributed by atoms with van der Waals surface area (Å²) in [4.78, 5) is 29.6. The highest BCUT2D eigenvalue weighted by atomic mass is 16.7. The molecule has 1 amide bonds. The first-order valence-electron chi connectivity index (χ1n) is 14.9. The van der Waals surface area contributed by atoms with Crippen LogP contribution in [0.25, 0.3) is 22.3 Å². The van der Waals surface area contributed by atoms with E-state index in [9.17, 15) is 4.79 Å². The number of nitrogens with one attached hydrogen (secondary N) is 1. The molecule has 1 N–H and O–H groups in total. The van der Waals surface area contributed by atoms with E-state index in [1.165, 1.54) is 11.3 Å². The summed E-state index contributed by atoms with van der Waals surface area (Å²) in [6.07, 6.45) is 6.22. The lowest BCUT2D eigenvalue weighted by atomic mass is 9.91. The Kier molecular flexibility index (Phi) is 7.91. The molecule has 0 unspecified atom stereocenters. The summed E-state index contributed by atoms with van der Waals surface area (Å²) in [5.41, 5.74) is 5.35. The number of ether oxygens (including phenoxy) is 3. The highest BCUT2D eigenvalue weighted by molar-refractivity contribution is 5.86. The van der Waals surface area contributed by atoms with Gasteiger partial charge in [0.25, 0.3) is 0 Å². The van der Waals surface area contributed by atoms with Gasteiger partial charge in [0.1, 0.15) is 11.4 Å². The number of carbonyl (C=O) groups is 1. The number of para-hydroxylation sites is 1. The molecule has 6 rings (SSSR count). The van der Waals surface area contributed by atoms with E-state index < -0.39 is 5.60 Å². The van der Waals surface area contributed by atoms with Gasteiger partial charge in [-0.05, 0) is 70.2 Å². The average molecular weight is 586 g/mol. The molecule has 1 saturated heterocycles. The number of fused-ring (bicyclic) bond motifs is 3. The molecule has 226 valence electrons. The second-order valence-electron chi connectivity index (χ2n) is 12.2. The van der Waals surface area contributed by atoms with Gasteiger partial charge in [0.2, 0.25) is 5.95 Å². The molecule has 1 fully saturated rings. The highest BCUT2D eigenvalue weighted by Crippen LogP contribution is 2.38. The summed E-state index contributed by atoms with van der Waals surface area (Å²) in [7, 11) is 1.60. The number of hydrogen-bond donors (Lipinski definition) is 1. The van der Waals surface area contributed by atoms with Crippen LogP contribution in [0.1, 0.15) is 69.3 Å². The molecule has 0 radical (unpaired) electrons. The topological polar surface area (TPSA) is 119 Å². The summed E-state index contributed by atoms with van der Waals surface area (Å²) >= 11 is 0. The Morgan fingerprint density at radius 2 is 1.81 bits per heavy atom. The Morgan fingerprint density at radius 1 is 1.07 bits per heavy atom. The number of anilines is 1. The van der Waals surface area contributed by atoms with E-state index in [0.29, 0.717) is 30.7 Å². The number of aromatic amines is 1. The van der Waals surface area contributed by atoms with E-state index in [-0.39, 0.29) is 18.9 Å². The Morgan fingerprint density at radius 3 is 2.53 bits per heavy atom. The second-order valence-corrected chi connectivity index (χ2v) is 12.2. The van der Waals surface area contributed by atoms with Crippen molar-refractivity contribution in [3.05, 3.63) is 59.5 Å². The van der Waals surface area contributed by atoms with E-state index in [1.54, 1.807) is 12.0 Å². The number of likely N-dealkylation sites (tertiary alicyclic amines) is 1. The number of piperidine rings is 1. The van der Waals surface area contributed by atoms with Crippen molar-refractivity contribution in [3.63, 3.8) is 0 Å². The van der Waals surface area contributed by atoms with Gasteiger partial charge >= 0.3 is 6.09 Å². The van der Waals surface area contributed by atoms with Crippen LogP contribution in [0.4, 0.5) is 10.7 Å². The largest absolute Gasteiger partial charge is 0.467 e. The maximum atomic E-state index is 12.5. The van der Waals surface area contributed by atoms with Gasteiger partial charge in [-0.3, -0.25) is 0 Å². The van der Waals surface area contributed by atoms with Crippen molar-refractivity contribution in [1.29, 1.82) is 0 Å². The van der Waals surface area contributed by atoms with Crippen LogP contribution >= 0.6 is 0 Å². The minimum Gasteiger partial charge on any atom is -0.467 e. The molecule has 0 bridgehead atoms. The van der Waals surface area contributed by atoms with Crippen molar-refractivity contribution in [2.24, 2.45) is 0 Å². The Hall–Kier alpha value is -4.25. The fourth-order valence-corrected chi connectivity index (χ4v) is 6.06. The van der Waals surface area contributed by atoms with Gasteiger partial charge in [0.15, 0.2) is 12.4 Å². The summed E-state index contributed by atoms with van der Waals surface area (Å²) < 4.78 is 16.4. The first kappa shape index (κ1) is 28.9. The van der Waals surface area contributed by atoms with E-state index >= 15 is 0 Å². The van der Waals surface area contributed by atoms with Crippen molar-refractivity contribution >= 4 is 23.1 Å². The summed E-state index contributed by atoms with van der Waals surface area (Å²) in [5, 5.41) is 10.1. The van der Waals surface area contributed by atoms with Gasteiger partial charge in [-0.1, -0.05) is 12.1 Å². The summed E-state index contributed by atoms with van der Waals surface area (Å²) in [5.74, 6) is 1.73. The molecule has 3 aromatic heterocycles. The van der Waals surface area contributed by atoms with Crippen molar-refractivity contribution in [2.45, 2.75) is 64.5 Å². The first-order chi connectivity index (χ1) is 20.7. The Balaban J connectivity index is 1.18. The highest BCUT2D eigenvalue weighted by Gasteiger charge is 2.31. The monoisotopic (exact) mass is 585 g/mol. The zero-order valence-corrected chi connectivity index (χ0v) is 25.5. The molecule has 5 heterocycles. The SMILES string of the molecule is COCOc1ccccc1-c1cc2c3c([nH]c2nn1)CCN(c1ncc(C2CCN(C(=O)OC(C)(C)C)CC2)cn1)[C@H]3C. The van der Waals surface area contributed by atoms with E-state index in [0.717, 1.165) is 53.7 Å². The normalized spacial score (nSPS) is 17.7. The van der Waals surface area contributed by atoms with Crippen molar-refractivity contribution in [2.75, 3.05) is 38.4 Å². The fraction of sp³-hybridized carbons (Fsp3) is 0.469. The molecule has 4 aromatic rings. The predicted molar refractivity (Wildman–Crippen MR) is 163 cm³/mol. The molecule has 1 aromatic carbocycles. The molecule has 2 aliphatic heterocycles. The molecule has 43 heavy (non-hydrogen) atoms. The minimum atomic E-state index is -0.489. The lowest BCUT2D eigenvalue weighted by Crippen LogP contribution is -2.41. The van der Waals surface area contributed by atoms with E-state index in [4.69, 9.17) is 24.2 Å². The third-order valence-electron chi connectivity index (χ3n) is 8.19. The molecular formula is C32H39N7O4. The van der Waals surface area contributed by atoms with Crippen LogP contribution in [0.5, 0.6) is 5.75 Å². The van der Waals surface area contributed by atoms with Crippen LogP contribution in [-0.2, 0) is 15.9 Å². The maximum Gasteiger partial charge on any atom is 0.410 e. The minimum absolute atomic E-state index is 0.0393. The number of aromatic nitrogens is 5. The molecular weight excluding hydrogens is 546 g/mol. The summed E-state index contributed by atoms with van der Waals surface area (Å²) in [6, 6.07) is 9.90. The van der Waals surface area contributed by atoms with Gasteiger partial charge < -0.3 is 29.0 Å². The molecule has 2 aliphatic rings. The first-order valence-corrected chi connectivity index (χ1v) is 14.9. The lowest BCUT2D eigenvalue weighted by molar-refractivity contribution is 0.0204. The molecule has 1 atom stereocenters. The quantitative estimate of drug-likeness (QED) is 0.287.